The lowest BCUT2D eigenvalue weighted by Gasteiger charge is -2.36. The lowest BCUT2D eigenvalue weighted by atomic mass is 9.86. The van der Waals surface area contributed by atoms with Crippen LogP contribution in [0.4, 0.5) is 0 Å². The Morgan fingerprint density at radius 1 is 1.07 bits per heavy atom. The second-order valence-electron chi connectivity index (χ2n) is 7.70. The molecule has 0 saturated heterocycles. The molecule has 0 atom stereocenters. The third kappa shape index (κ3) is 6.28. The summed E-state index contributed by atoms with van der Waals surface area (Å²) in [5.41, 5.74) is 0.922. The number of methoxy groups -OCH3 is 2. The number of carbonyl (C=O) groups excluding carboxylic acids is 1. The van der Waals surface area contributed by atoms with Crippen LogP contribution in [0.15, 0.2) is 24.3 Å². The van der Waals surface area contributed by atoms with E-state index in [2.05, 4.69) is 16.7 Å². The van der Waals surface area contributed by atoms with Crippen molar-refractivity contribution in [3.8, 4) is 11.5 Å². The molecule has 1 aliphatic rings. The van der Waals surface area contributed by atoms with Crippen molar-refractivity contribution in [1.29, 1.82) is 0 Å². The third-order valence-electron chi connectivity index (χ3n) is 5.32. The van der Waals surface area contributed by atoms with Crippen LogP contribution in [0.2, 0.25) is 0 Å². The quantitative estimate of drug-likeness (QED) is 0.651. The highest BCUT2D eigenvalue weighted by atomic mass is 16.5. The predicted octanol–water partition coefficient (Wildman–Crippen LogP) is 3.69. The van der Waals surface area contributed by atoms with Crippen LogP contribution in [-0.2, 0) is 4.79 Å². The zero-order valence-corrected chi connectivity index (χ0v) is 17.4. The summed E-state index contributed by atoms with van der Waals surface area (Å²) in [6.07, 6.45) is 8.16. The maximum Gasteiger partial charge on any atom is 0.246 e. The Balaban J connectivity index is 2.10. The van der Waals surface area contributed by atoms with Crippen molar-refractivity contribution in [1.82, 2.24) is 9.80 Å². The van der Waals surface area contributed by atoms with E-state index in [9.17, 15) is 4.79 Å². The zero-order chi connectivity index (χ0) is 19.8. The van der Waals surface area contributed by atoms with Crippen molar-refractivity contribution in [2.75, 3.05) is 41.4 Å². The van der Waals surface area contributed by atoms with Crippen molar-refractivity contribution >= 4 is 12.0 Å². The summed E-state index contributed by atoms with van der Waals surface area (Å²) < 4.78 is 10.6. The minimum absolute atomic E-state index is 0.0891. The topological polar surface area (TPSA) is 42.0 Å². The van der Waals surface area contributed by atoms with E-state index in [1.807, 2.05) is 38.4 Å². The molecule has 5 heteroatoms. The maximum atomic E-state index is 13.0. The average molecular weight is 375 g/mol. The van der Waals surface area contributed by atoms with Crippen LogP contribution in [0.3, 0.4) is 0 Å². The van der Waals surface area contributed by atoms with Gasteiger partial charge in [0.1, 0.15) is 0 Å². The number of likely N-dealkylation sites (N-methyl/N-ethyl adjacent to an activating group) is 1. The number of hydrogen-bond donors (Lipinski definition) is 0. The standard InChI is InChI=1S/C22H34N2O3/c1-17-6-10-19(11-7-17)24(15-14-23(2)3)22(25)13-9-18-8-12-20(26-4)21(16-18)27-5/h8-9,12-13,16-17,19H,6-7,10-11,14-15H2,1-5H3. The molecule has 0 spiro atoms. The summed E-state index contributed by atoms with van der Waals surface area (Å²) in [4.78, 5) is 17.1. The van der Waals surface area contributed by atoms with Gasteiger partial charge < -0.3 is 19.3 Å². The second-order valence-corrected chi connectivity index (χ2v) is 7.70. The molecule has 1 aromatic rings. The van der Waals surface area contributed by atoms with Gasteiger partial charge in [0, 0.05) is 25.2 Å². The molecule has 0 heterocycles. The number of amides is 1. The first kappa shape index (κ1) is 21.3. The van der Waals surface area contributed by atoms with Gasteiger partial charge in [-0.25, -0.2) is 0 Å². The van der Waals surface area contributed by atoms with Crippen molar-refractivity contribution in [3.05, 3.63) is 29.8 Å². The van der Waals surface area contributed by atoms with Gasteiger partial charge in [0.2, 0.25) is 5.91 Å². The van der Waals surface area contributed by atoms with Crippen LogP contribution in [0.1, 0.15) is 38.2 Å². The maximum absolute atomic E-state index is 13.0. The Hall–Kier alpha value is -2.01. The molecule has 150 valence electrons. The third-order valence-corrected chi connectivity index (χ3v) is 5.32. The van der Waals surface area contributed by atoms with Crippen LogP contribution in [-0.4, -0.2) is 63.2 Å². The number of hydrogen-bond acceptors (Lipinski definition) is 4. The summed E-state index contributed by atoms with van der Waals surface area (Å²) in [6, 6.07) is 6.02. The van der Waals surface area contributed by atoms with Gasteiger partial charge in [0.25, 0.3) is 0 Å². The highest BCUT2D eigenvalue weighted by Gasteiger charge is 2.26. The van der Waals surface area contributed by atoms with E-state index in [4.69, 9.17) is 9.47 Å². The molecule has 1 fully saturated rings. The monoisotopic (exact) mass is 374 g/mol. The molecule has 0 aromatic heterocycles. The normalized spacial score (nSPS) is 20.1. The van der Waals surface area contributed by atoms with Gasteiger partial charge in [-0.05, 0) is 69.5 Å². The molecule has 0 N–H and O–H groups in total. The highest BCUT2D eigenvalue weighted by Crippen LogP contribution is 2.29. The van der Waals surface area contributed by atoms with E-state index >= 15 is 0 Å². The molecular formula is C22H34N2O3. The molecule has 0 aliphatic heterocycles. The van der Waals surface area contributed by atoms with Crippen molar-refractivity contribution in [2.24, 2.45) is 5.92 Å². The van der Waals surface area contributed by atoms with Gasteiger partial charge >= 0.3 is 0 Å². The van der Waals surface area contributed by atoms with Crippen LogP contribution >= 0.6 is 0 Å². The van der Waals surface area contributed by atoms with Crippen molar-refractivity contribution in [2.45, 2.75) is 38.6 Å². The van der Waals surface area contributed by atoms with Crippen LogP contribution in [0, 0.1) is 5.92 Å². The van der Waals surface area contributed by atoms with Crippen LogP contribution in [0.25, 0.3) is 6.08 Å². The van der Waals surface area contributed by atoms with Gasteiger partial charge in [-0.1, -0.05) is 13.0 Å². The van der Waals surface area contributed by atoms with Gasteiger partial charge in [-0.2, -0.15) is 0 Å². The highest BCUT2D eigenvalue weighted by molar-refractivity contribution is 5.92. The van der Waals surface area contributed by atoms with E-state index < -0.39 is 0 Å². The van der Waals surface area contributed by atoms with E-state index in [1.165, 1.54) is 12.8 Å². The molecule has 0 radical (unpaired) electrons. The SMILES string of the molecule is COc1ccc(C=CC(=O)N(CCN(C)C)C2CCC(C)CC2)cc1OC. The molecule has 1 amide bonds. The number of benzene rings is 1. The van der Waals surface area contributed by atoms with E-state index in [1.54, 1.807) is 20.3 Å². The summed E-state index contributed by atoms with van der Waals surface area (Å²) >= 11 is 0. The van der Waals surface area contributed by atoms with Gasteiger partial charge in [0.15, 0.2) is 11.5 Å². The first-order valence-corrected chi connectivity index (χ1v) is 9.80. The molecule has 1 aromatic carbocycles. The summed E-state index contributed by atoms with van der Waals surface area (Å²) in [7, 11) is 7.32. The number of nitrogens with zero attached hydrogens (tertiary/aromatic N) is 2. The largest absolute Gasteiger partial charge is 0.493 e. The second kappa shape index (κ2) is 10.4. The summed E-state index contributed by atoms with van der Waals surface area (Å²) in [5.74, 6) is 2.21. The fraction of sp³-hybridized carbons (Fsp3) is 0.591. The van der Waals surface area contributed by atoms with Crippen LogP contribution in [0.5, 0.6) is 11.5 Å². The van der Waals surface area contributed by atoms with E-state index in [0.717, 1.165) is 37.4 Å². The Bertz CT molecular complexity index is 634. The molecule has 1 aliphatic carbocycles. The zero-order valence-electron chi connectivity index (χ0n) is 17.4. The smallest absolute Gasteiger partial charge is 0.246 e. The van der Waals surface area contributed by atoms with E-state index in [0.29, 0.717) is 17.5 Å². The molecular weight excluding hydrogens is 340 g/mol. The molecule has 2 rings (SSSR count). The van der Waals surface area contributed by atoms with Gasteiger partial charge in [-0.15, -0.1) is 0 Å². The molecule has 1 saturated carbocycles. The van der Waals surface area contributed by atoms with Crippen LogP contribution < -0.4 is 9.47 Å². The predicted molar refractivity (Wildman–Crippen MR) is 110 cm³/mol. The minimum Gasteiger partial charge on any atom is -0.493 e. The van der Waals surface area contributed by atoms with Crippen molar-refractivity contribution in [3.63, 3.8) is 0 Å². The fourth-order valence-corrected chi connectivity index (χ4v) is 3.55. The van der Waals surface area contributed by atoms with E-state index in [-0.39, 0.29) is 5.91 Å². The number of carbonyl (C=O) groups is 1. The Morgan fingerprint density at radius 3 is 2.33 bits per heavy atom. The number of ether oxygens (including phenoxy) is 2. The lowest BCUT2D eigenvalue weighted by Crippen LogP contribution is -2.44. The molecule has 0 unspecified atom stereocenters. The number of rotatable bonds is 8. The molecule has 0 bridgehead atoms. The van der Waals surface area contributed by atoms with Gasteiger partial charge in [-0.3, -0.25) is 4.79 Å². The first-order valence-electron chi connectivity index (χ1n) is 9.80. The molecule has 27 heavy (non-hydrogen) atoms. The minimum atomic E-state index is 0.0891. The van der Waals surface area contributed by atoms with Gasteiger partial charge in [0.05, 0.1) is 14.2 Å². The summed E-state index contributed by atoms with van der Waals surface area (Å²) in [5, 5.41) is 0. The fourth-order valence-electron chi connectivity index (χ4n) is 3.55. The average Bonchev–Trinajstić information content (AvgIpc) is 2.67. The lowest BCUT2D eigenvalue weighted by molar-refractivity contribution is -0.129. The molecule has 5 nitrogen and oxygen atoms in total. The Labute approximate surface area is 163 Å². The van der Waals surface area contributed by atoms with Crippen molar-refractivity contribution < 1.29 is 14.3 Å². The first-order chi connectivity index (χ1) is 12.9. The Morgan fingerprint density at radius 2 is 1.74 bits per heavy atom. The Kier molecular flexibility index (Phi) is 8.17. The summed E-state index contributed by atoms with van der Waals surface area (Å²) in [6.45, 7) is 3.95.